The Morgan fingerprint density at radius 3 is 1.83 bits per heavy atom. The number of hydrogen-bond donors (Lipinski definition) is 0. The summed E-state index contributed by atoms with van der Waals surface area (Å²) in [5.41, 5.74) is 1.84. The van der Waals surface area contributed by atoms with E-state index in [9.17, 15) is 9.18 Å². The molecular weight excluding hydrogens is 527 g/mol. The summed E-state index contributed by atoms with van der Waals surface area (Å²) in [6, 6.07) is 11.2. The smallest absolute Gasteiger partial charge is 0.346 e. The van der Waals surface area contributed by atoms with Crippen LogP contribution in [0.4, 0.5) is 4.39 Å². The lowest BCUT2D eigenvalue weighted by molar-refractivity contribution is 0.0730. The molecule has 1 heterocycles. The minimum atomic E-state index is -0.750. The topological polar surface area (TPSA) is 61.3 Å². The number of rotatable bonds is 21. The predicted octanol–water partition coefficient (Wildman–Crippen LogP) is 10.3. The fourth-order valence-corrected chi connectivity index (χ4v) is 4.93. The molecule has 0 N–H and O–H groups in total. The highest BCUT2D eigenvalue weighted by Crippen LogP contribution is 2.23. The molecule has 1 aromatic heterocycles. The second-order valence-electron chi connectivity index (χ2n) is 11.2. The molecule has 0 spiro atoms. The summed E-state index contributed by atoms with van der Waals surface area (Å²) in [5.74, 6) is -0.0443. The number of esters is 1. The maximum absolute atomic E-state index is 14.6. The maximum Gasteiger partial charge on any atom is 0.346 e. The highest BCUT2D eigenvalue weighted by atomic mass is 19.1. The molecule has 0 saturated heterocycles. The number of benzene rings is 2. The van der Waals surface area contributed by atoms with Crippen LogP contribution in [-0.4, -0.2) is 22.5 Å². The summed E-state index contributed by atoms with van der Waals surface area (Å²) in [6.45, 7) is 5.00. The van der Waals surface area contributed by atoms with E-state index in [1.165, 1.54) is 89.2 Å². The van der Waals surface area contributed by atoms with Crippen LogP contribution in [-0.2, 0) is 6.42 Å². The number of aryl methyl sites for hydroxylation is 1. The van der Waals surface area contributed by atoms with E-state index in [2.05, 4.69) is 23.8 Å². The summed E-state index contributed by atoms with van der Waals surface area (Å²) in [6.07, 6.45) is 23.5. The van der Waals surface area contributed by atoms with Crippen molar-refractivity contribution in [3.8, 4) is 22.9 Å². The van der Waals surface area contributed by atoms with Crippen LogP contribution < -0.4 is 9.47 Å². The standard InChI is InChI=1S/C36H49FN2O3/c1-3-5-7-9-11-12-14-16-18-29-27-38-35(39-28-29)30-19-21-31(22-20-30)42-36(40)33-24-23-32(26-34(33)37)41-25-17-15-13-10-8-6-4-2/h19-24,26-28H,3-18,25H2,1-2H3. The van der Waals surface area contributed by atoms with Crippen molar-refractivity contribution in [3.63, 3.8) is 0 Å². The van der Waals surface area contributed by atoms with Gasteiger partial charge in [-0.05, 0) is 61.2 Å². The van der Waals surface area contributed by atoms with Gasteiger partial charge in [-0.15, -0.1) is 0 Å². The monoisotopic (exact) mass is 576 g/mol. The van der Waals surface area contributed by atoms with Crippen LogP contribution in [0.1, 0.15) is 126 Å². The van der Waals surface area contributed by atoms with E-state index in [0.29, 0.717) is 23.9 Å². The molecule has 0 unspecified atom stereocenters. The highest BCUT2D eigenvalue weighted by molar-refractivity contribution is 5.91. The fraction of sp³-hybridized carbons (Fsp3) is 0.528. The summed E-state index contributed by atoms with van der Waals surface area (Å²) < 4.78 is 25.7. The van der Waals surface area contributed by atoms with Gasteiger partial charge in [-0.25, -0.2) is 19.2 Å². The lowest BCUT2D eigenvalue weighted by atomic mass is 10.1. The molecule has 0 saturated carbocycles. The van der Waals surface area contributed by atoms with E-state index in [1.54, 1.807) is 30.3 Å². The Morgan fingerprint density at radius 1 is 0.690 bits per heavy atom. The van der Waals surface area contributed by atoms with Crippen molar-refractivity contribution in [1.29, 1.82) is 0 Å². The molecule has 3 aromatic rings. The van der Waals surface area contributed by atoms with Crippen molar-refractivity contribution < 1.29 is 18.7 Å². The van der Waals surface area contributed by atoms with Crippen molar-refractivity contribution >= 4 is 5.97 Å². The van der Waals surface area contributed by atoms with Crippen molar-refractivity contribution in [3.05, 3.63) is 71.8 Å². The third-order valence-corrected chi connectivity index (χ3v) is 7.52. The zero-order valence-corrected chi connectivity index (χ0v) is 25.7. The van der Waals surface area contributed by atoms with Crippen LogP contribution in [0.25, 0.3) is 11.4 Å². The molecule has 2 aromatic carbocycles. The Balaban J connectivity index is 1.40. The molecule has 0 aliphatic heterocycles. The van der Waals surface area contributed by atoms with E-state index in [4.69, 9.17) is 9.47 Å². The molecule has 0 aliphatic carbocycles. The van der Waals surface area contributed by atoms with Crippen molar-refractivity contribution in [1.82, 2.24) is 9.97 Å². The zero-order chi connectivity index (χ0) is 29.8. The Morgan fingerprint density at radius 2 is 1.24 bits per heavy atom. The second kappa shape index (κ2) is 19.8. The van der Waals surface area contributed by atoms with Gasteiger partial charge in [0.25, 0.3) is 0 Å². The first kappa shape index (κ1) is 33.2. The quantitative estimate of drug-likeness (QED) is 0.0717. The lowest BCUT2D eigenvalue weighted by Gasteiger charge is -2.09. The number of unbranched alkanes of at least 4 members (excludes halogenated alkanes) is 13. The van der Waals surface area contributed by atoms with Gasteiger partial charge in [0.05, 0.1) is 12.2 Å². The van der Waals surface area contributed by atoms with E-state index in [0.717, 1.165) is 36.8 Å². The number of ether oxygens (including phenoxy) is 2. The van der Waals surface area contributed by atoms with E-state index in [1.807, 2.05) is 12.4 Å². The third kappa shape index (κ3) is 12.3. The number of nitrogens with zero attached hydrogens (tertiary/aromatic N) is 2. The van der Waals surface area contributed by atoms with Crippen LogP contribution in [0.3, 0.4) is 0 Å². The van der Waals surface area contributed by atoms with Crippen LogP contribution in [0, 0.1) is 5.82 Å². The summed E-state index contributed by atoms with van der Waals surface area (Å²) in [5, 5.41) is 0. The van der Waals surface area contributed by atoms with Gasteiger partial charge in [-0.2, -0.15) is 0 Å². The van der Waals surface area contributed by atoms with Gasteiger partial charge in [0, 0.05) is 24.0 Å². The first-order chi connectivity index (χ1) is 20.6. The summed E-state index contributed by atoms with van der Waals surface area (Å²) in [4.78, 5) is 21.6. The molecule has 6 heteroatoms. The van der Waals surface area contributed by atoms with Crippen LogP contribution in [0.5, 0.6) is 11.5 Å². The molecule has 5 nitrogen and oxygen atoms in total. The van der Waals surface area contributed by atoms with Gasteiger partial charge >= 0.3 is 5.97 Å². The summed E-state index contributed by atoms with van der Waals surface area (Å²) in [7, 11) is 0. The minimum Gasteiger partial charge on any atom is -0.493 e. The Kier molecular flexibility index (Phi) is 15.6. The Hall–Kier alpha value is -3.28. The van der Waals surface area contributed by atoms with Crippen LogP contribution in [0.15, 0.2) is 54.9 Å². The van der Waals surface area contributed by atoms with Gasteiger partial charge in [-0.1, -0.05) is 97.3 Å². The number of carbonyl (C=O) groups is 1. The largest absolute Gasteiger partial charge is 0.493 e. The van der Waals surface area contributed by atoms with Crippen molar-refractivity contribution in [2.24, 2.45) is 0 Å². The molecular formula is C36H49FN2O3. The van der Waals surface area contributed by atoms with Gasteiger partial charge in [0.1, 0.15) is 17.3 Å². The number of aromatic nitrogens is 2. The van der Waals surface area contributed by atoms with Crippen molar-refractivity contribution in [2.75, 3.05) is 6.61 Å². The third-order valence-electron chi connectivity index (χ3n) is 7.52. The van der Waals surface area contributed by atoms with Gasteiger partial charge in [0.2, 0.25) is 0 Å². The molecule has 0 fully saturated rings. The SMILES string of the molecule is CCCCCCCCCCc1cnc(-c2ccc(OC(=O)c3ccc(OCCCCCCCCC)cc3F)cc2)nc1. The van der Waals surface area contributed by atoms with Crippen molar-refractivity contribution in [2.45, 2.75) is 117 Å². The molecule has 0 amide bonds. The molecule has 0 radical (unpaired) electrons. The van der Waals surface area contributed by atoms with Gasteiger partial charge in [0.15, 0.2) is 5.82 Å². The normalized spacial score (nSPS) is 11.0. The maximum atomic E-state index is 14.6. The first-order valence-corrected chi connectivity index (χ1v) is 16.2. The summed E-state index contributed by atoms with van der Waals surface area (Å²) >= 11 is 0. The predicted molar refractivity (Wildman–Crippen MR) is 169 cm³/mol. The molecule has 228 valence electrons. The van der Waals surface area contributed by atoms with Crippen LogP contribution in [0.2, 0.25) is 0 Å². The molecule has 0 atom stereocenters. The average Bonchev–Trinajstić information content (AvgIpc) is 3.00. The van der Waals surface area contributed by atoms with E-state index < -0.39 is 11.8 Å². The zero-order valence-electron chi connectivity index (χ0n) is 25.7. The van der Waals surface area contributed by atoms with Gasteiger partial charge in [-0.3, -0.25) is 0 Å². The van der Waals surface area contributed by atoms with E-state index >= 15 is 0 Å². The first-order valence-electron chi connectivity index (χ1n) is 16.2. The average molecular weight is 577 g/mol. The fourth-order valence-electron chi connectivity index (χ4n) is 4.93. The Labute approximate surface area is 252 Å². The molecule has 42 heavy (non-hydrogen) atoms. The second-order valence-corrected chi connectivity index (χ2v) is 11.2. The minimum absolute atomic E-state index is 0.127. The molecule has 0 bridgehead atoms. The lowest BCUT2D eigenvalue weighted by Crippen LogP contribution is -2.11. The van der Waals surface area contributed by atoms with Gasteiger partial charge < -0.3 is 9.47 Å². The number of carbonyl (C=O) groups excluding carboxylic acids is 1. The molecule has 0 aliphatic rings. The molecule has 3 rings (SSSR count). The number of hydrogen-bond acceptors (Lipinski definition) is 5. The highest BCUT2D eigenvalue weighted by Gasteiger charge is 2.15. The number of halogens is 1. The van der Waals surface area contributed by atoms with E-state index in [-0.39, 0.29) is 5.56 Å². The Bertz CT molecular complexity index is 1170. The van der Waals surface area contributed by atoms with Crippen LogP contribution >= 0.6 is 0 Å².